The van der Waals surface area contributed by atoms with Crippen LogP contribution in [0.1, 0.15) is 45.7 Å². The average Bonchev–Trinajstić information content (AvgIpc) is 3.34. The summed E-state index contributed by atoms with van der Waals surface area (Å²) in [6.07, 6.45) is 0. The molecule has 170 valence electrons. The second-order valence-corrected chi connectivity index (χ2v) is 7.93. The minimum atomic E-state index is -0.294. The lowest BCUT2D eigenvalue weighted by Gasteiger charge is -2.08. The van der Waals surface area contributed by atoms with Gasteiger partial charge in [-0.1, -0.05) is 22.9 Å². The number of hydrogen-bond acceptors (Lipinski definition) is 6. The maximum atomic E-state index is 12.8. The van der Waals surface area contributed by atoms with E-state index < -0.39 is 0 Å². The monoisotopic (exact) mass is 445 g/mol. The number of carbonyl (C=O) groups excluding carboxylic acids is 1. The van der Waals surface area contributed by atoms with Crippen LogP contribution in [-0.2, 0) is 6.54 Å². The first-order valence-electron chi connectivity index (χ1n) is 10.8. The molecule has 0 aliphatic carbocycles. The number of nitrogens with one attached hydrogen (secondary N) is 1. The quantitative estimate of drug-likeness (QED) is 0.436. The molecule has 0 saturated heterocycles. The number of hydrogen-bond donors (Lipinski definition) is 1. The molecule has 0 unspecified atom stereocenters. The minimum Gasteiger partial charge on any atom is -0.494 e. The van der Waals surface area contributed by atoms with E-state index in [4.69, 9.17) is 9.15 Å². The van der Waals surface area contributed by atoms with Crippen molar-refractivity contribution in [1.29, 1.82) is 0 Å². The maximum absolute atomic E-state index is 12.8. The lowest BCUT2D eigenvalue weighted by atomic mass is 10.1. The second-order valence-electron chi connectivity index (χ2n) is 7.93. The molecule has 1 N–H and O–H groups in total. The van der Waals surface area contributed by atoms with Crippen LogP contribution in [0.2, 0.25) is 0 Å². The zero-order valence-corrected chi connectivity index (χ0v) is 19.5. The number of benzene rings is 2. The van der Waals surface area contributed by atoms with Crippen LogP contribution in [0.5, 0.6) is 5.75 Å². The Bertz CT molecular complexity index is 1290. The number of oxazole rings is 1. The SMILES string of the molecule is CCOc1ccc(-c2nc(Cn3nnc(C(=O)Nc4ccc(C)cc4C)c3C)c(C)o2)cc1. The molecule has 4 aromatic rings. The first-order chi connectivity index (χ1) is 15.9. The number of nitrogens with zero attached hydrogens (tertiary/aromatic N) is 4. The largest absolute Gasteiger partial charge is 0.494 e. The molecule has 4 rings (SSSR count). The van der Waals surface area contributed by atoms with Crippen molar-refractivity contribution in [1.82, 2.24) is 20.0 Å². The van der Waals surface area contributed by atoms with Gasteiger partial charge in [0, 0.05) is 11.3 Å². The van der Waals surface area contributed by atoms with E-state index in [-0.39, 0.29) is 11.6 Å². The summed E-state index contributed by atoms with van der Waals surface area (Å²) < 4.78 is 13.0. The summed E-state index contributed by atoms with van der Waals surface area (Å²) in [5.41, 5.74) is 5.41. The molecule has 0 aliphatic heterocycles. The van der Waals surface area contributed by atoms with Gasteiger partial charge in [-0.2, -0.15) is 0 Å². The number of rotatable bonds is 7. The highest BCUT2D eigenvalue weighted by Crippen LogP contribution is 2.25. The van der Waals surface area contributed by atoms with Crippen molar-refractivity contribution in [2.45, 2.75) is 41.2 Å². The van der Waals surface area contributed by atoms with E-state index in [2.05, 4.69) is 20.6 Å². The van der Waals surface area contributed by atoms with Crippen LogP contribution in [0.15, 0.2) is 46.9 Å². The van der Waals surface area contributed by atoms with E-state index in [0.717, 1.165) is 33.8 Å². The van der Waals surface area contributed by atoms with E-state index in [0.29, 0.717) is 30.5 Å². The lowest BCUT2D eigenvalue weighted by Crippen LogP contribution is -2.15. The topological polar surface area (TPSA) is 95.1 Å². The van der Waals surface area contributed by atoms with E-state index >= 15 is 0 Å². The van der Waals surface area contributed by atoms with Crippen molar-refractivity contribution in [2.75, 3.05) is 11.9 Å². The number of carbonyl (C=O) groups is 1. The number of ether oxygens (including phenoxy) is 1. The summed E-state index contributed by atoms with van der Waals surface area (Å²) in [7, 11) is 0. The van der Waals surface area contributed by atoms with Gasteiger partial charge in [-0.05, 0) is 70.5 Å². The van der Waals surface area contributed by atoms with Gasteiger partial charge in [0.15, 0.2) is 5.69 Å². The highest BCUT2D eigenvalue weighted by Gasteiger charge is 2.19. The zero-order valence-electron chi connectivity index (χ0n) is 19.5. The maximum Gasteiger partial charge on any atom is 0.278 e. The van der Waals surface area contributed by atoms with Crippen LogP contribution >= 0.6 is 0 Å². The van der Waals surface area contributed by atoms with Crippen molar-refractivity contribution in [3.63, 3.8) is 0 Å². The summed E-state index contributed by atoms with van der Waals surface area (Å²) in [4.78, 5) is 17.4. The van der Waals surface area contributed by atoms with Crippen LogP contribution in [0.25, 0.3) is 11.5 Å². The van der Waals surface area contributed by atoms with E-state index in [1.165, 1.54) is 0 Å². The highest BCUT2D eigenvalue weighted by molar-refractivity contribution is 6.03. The third-order valence-corrected chi connectivity index (χ3v) is 5.43. The molecule has 2 aromatic carbocycles. The predicted molar refractivity (Wildman–Crippen MR) is 126 cm³/mol. The Labute approximate surface area is 192 Å². The Kier molecular flexibility index (Phi) is 6.26. The van der Waals surface area contributed by atoms with Crippen LogP contribution in [0, 0.1) is 27.7 Å². The Morgan fingerprint density at radius 2 is 1.85 bits per heavy atom. The van der Waals surface area contributed by atoms with Crippen LogP contribution in [-0.4, -0.2) is 32.5 Å². The molecule has 0 fully saturated rings. The summed E-state index contributed by atoms with van der Waals surface area (Å²) in [6, 6.07) is 13.5. The zero-order chi connectivity index (χ0) is 23.5. The molecular weight excluding hydrogens is 418 g/mol. The van der Waals surface area contributed by atoms with Gasteiger partial charge in [0.2, 0.25) is 5.89 Å². The third-order valence-electron chi connectivity index (χ3n) is 5.43. The van der Waals surface area contributed by atoms with Crippen molar-refractivity contribution in [3.05, 3.63) is 76.4 Å². The van der Waals surface area contributed by atoms with Gasteiger partial charge in [0.25, 0.3) is 5.91 Å². The predicted octanol–water partition coefficient (Wildman–Crippen LogP) is 4.87. The van der Waals surface area contributed by atoms with E-state index in [9.17, 15) is 4.79 Å². The van der Waals surface area contributed by atoms with Gasteiger partial charge >= 0.3 is 0 Å². The summed E-state index contributed by atoms with van der Waals surface area (Å²) in [6.45, 7) is 10.6. The van der Waals surface area contributed by atoms with Gasteiger partial charge in [-0.25, -0.2) is 9.67 Å². The van der Waals surface area contributed by atoms with Crippen molar-refractivity contribution < 1.29 is 13.9 Å². The summed E-state index contributed by atoms with van der Waals surface area (Å²) >= 11 is 0. The smallest absolute Gasteiger partial charge is 0.278 e. The fourth-order valence-corrected chi connectivity index (χ4v) is 3.56. The Morgan fingerprint density at radius 1 is 1.09 bits per heavy atom. The molecule has 8 nitrogen and oxygen atoms in total. The summed E-state index contributed by atoms with van der Waals surface area (Å²) in [5, 5.41) is 11.2. The molecule has 0 atom stereocenters. The molecule has 1 amide bonds. The fraction of sp³-hybridized carbons (Fsp3) is 0.280. The second kappa shape index (κ2) is 9.28. The van der Waals surface area contributed by atoms with E-state index in [1.807, 2.05) is 77.1 Å². The molecule has 0 aliphatic rings. The fourth-order valence-electron chi connectivity index (χ4n) is 3.56. The van der Waals surface area contributed by atoms with Gasteiger partial charge in [-0.15, -0.1) is 5.10 Å². The van der Waals surface area contributed by atoms with Crippen LogP contribution in [0.3, 0.4) is 0 Å². The number of anilines is 1. The van der Waals surface area contributed by atoms with Crippen molar-refractivity contribution in [3.8, 4) is 17.2 Å². The van der Waals surface area contributed by atoms with Crippen molar-refractivity contribution in [2.24, 2.45) is 0 Å². The van der Waals surface area contributed by atoms with Gasteiger partial charge in [0.05, 0.1) is 18.8 Å². The van der Waals surface area contributed by atoms with Gasteiger partial charge in [0.1, 0.15) is 17.2 Å². The lowest BCUT2D eigenvalue weighted by molar-refractivity contribution is 0.102. The molecule has 0 spiro atoms. The molecular formula is C25H27N5O3. The molecule has 8 heteroatoms. The number of amides is 1. The first kappa shape index (κ1) is 22.3. The Balaban J connectivity index is 1.50. The number of aryl methyl sites for hydroxylation is 3. The Hall–Kier alpha value is -3.94. The Morgan fingerprint density at radius 3 is 2.55 bits per heavy atom. The molecule has 33 heavy (non-hydrogen) atoms. The van der Waals surface area contributed by atoms with Crippen LogP contribution in [0.4, 0.5) is 5.69 Å². The van der Waals surface area contributed by atoms with Crippen molar-refractivity contribution >= 4 is 11.6 Å². The average molecular weight is 446 g/mol. The minimum absolute atomic E-state index is 0.280. The molecule has 0 bridgehead atoms. The molecule has 0 saturated carbocycles. The normalized spacial score (nSPS) is 10.9. The molecule has 2 heterocycles. The number of aromatic nitrogens is 4. The van der Waals surface area contributed by atoms with E-state index in [1.54, 1.807) is 4.68 Å². The highest BCUT2D eigenvalue weighted by atomic mass is 16.5. The summed E-state index contributed by atoms with van der Waals surface area (Å²) in [5.74, 6) is 1.72. The standard InChI is InChI=1S/C25H27N5O3/c1-6-32-20-10-8-19(9-11-20)25-27-22(18(5)33-25)14-30-17(4)23(28-29-30)24(31)26-21-12-7-15(2)13-16(21)3/h7-13H,6,14H2,1-5H3,(H,26,31). The molecule has 2 aromatic heterocycles. The first-order valence-corrected chi connectivity index (χ1v) is 10.8. The van der Waals surface area contributed by atoms with Gasteiger partial charge < -0.3 is 14.5 Å². The third kappa shape index (κ3) is 4.79. The molecule has 0 radical (unpaired) electrons. The van der Waals surface area contributed by atoms with Gasteiger partial charge in [-0.3, -0.25) is 4.79 Å². The van der Waals surface area contributed by atoms with Crippen LogP contribution < -0.4 is 10.1 Å².